The molecule has 0 rings (SSSR count). The van der Waals surface area contributed by atoms with Crippen LogP contribution in [0.3, 0.4) is 0 Å². The van der Waals surface area contributed by atoms with Crippen molar-refractivity contribution in [3.8, 4) is 0 Å². The zero-order valence-electron chi connectivity index (χ0n) is 13.8. The van der Waals surface area contributed by atoms with Crippen LogP contribution in [0.5, 0.6) is 0 Å². The maximum atomic E-state index is 8.25. The summed E-state index contributed by atoms with van der Waals surface area (Å²) in [6.45, 7) is 8.34. The number of aliphatic hydroxyl groups is 1. The molecule has 0 aliphatic heterocycles. The second kappa shape index (κ2) is 24.0. The van der Waals surface area contributed by atoms with Crippen LogP contribution in [0.2, 0.25) is 0 Å². The van der Waals surface area contributed by atoms with E-state index in [4.69, 9.17) is 10.8 Å². The van der Waals surface area contributed by atoms with E-state index < -0.39 is 0 Å². The summed E-state index contributed by atoms with van der Waals surface area (Å²) in [6.07, 6.45) is 14.3. The predicted octanol–water partition coefficient (Wildman–Crippen LogP) is 1.46. The van der Waals surface area contributed by atoms with Crippen LogP contribution < -0.4 is 35.3 Å². The van der Waals surface area contributed by atoms with E-state index in [1.54, 1.807) is 0 Å². The molecule has 0 aromatic rings. The molecule has 0 saturated carbocycles. The topological polar surface area (TPSA) is 46.2 Å². The van der Waals surface area contributed by atoms with Gasteiger partial charge >= 0.3 is 29.6 Å². The molecule has 0 amide bonds. The molecule has 3 heteroatoms. The molecule has 0 aliphatic rings. The number of rotatable bonds is 11. The maximum absolute atomic E-state index is 8.25. The summed E-state index contributed by atoms with van der Waals surface area (Å²) in [5, 5.41) is 8.25. The summed E-state index contributed by atoms with van der Waals surface area (Å²) in [5.74, 6) is 0. The molecule has 0 radical (unpaired) electrons. The van der Waals surface area contributed by atoms with Gasteiger partial charge in [-0.3, -0.25) is 0 Å². The largest absolute Gasteiger partial charge is 1.00 e. The Bertz CT molecular complexity index is 122. The van der Waals surface area contributed by atoms with Crippen LogP contribution >= 0.6 is 0 Å². The summed E-state index contributed by atoms with van der Waals surface area (Å²) >= 11 is 0. The van der Waals surface area contributed by atoms with Gasteiger partial charge in [0.15, 0.2) is 0 Å². The first-order chi connectivity index (χ1) is 8.68. The van der Waals surface area contributed by atoms with Gasteiger partial charge in [0.05, 0.1) is 0 Å². The van der Waals surface area contributed by atoms with Crippen molar-refractivity contribution in [3.05, 3.63) is 6.92 Å². The first kappa shape index (κ1) is 24.9. The summed E-state index contributed by atoms with van der Waals surface area (Å²) in [7, 11) is 0. The van der Waals surface area contributed by atoms with E-state index in [0.29, 0.717) is 0 Å². The number of hydrogen-bond acceptors (Lipinski definition) is 2. The zero-order valence-corrected chi connectivity index (χ0v) is 15.8. The van der Waals surface area contributed by atoms with Crippen molar-refractivity contribution in [2.75, 3.05) is 6.54 Å². The van der Waals surface area contributed by atoms with Crippen LogP contribution in [0.15, 0.2) is 0 Å². The molecule has 0 heterocycles. The monoisotopic (exact) mass is 281 g/mol. The minimum absolute atomic E-state index is 0. The van der Waals surface area contributed by atoms with Gasteiger partial charge in [-0.15, -0.1) is 0 Å². The average molecular weight is 281 g/mol. The Kier molecular flexibility index (Phi) is 31.4. The molecule has 1 unspecified atom stereocenters. The zero-order chi connectivity index (χ0) is 14.1. The van der Waals surface area contributed by atoms with Gasteiger partial charge in [0.1, 0.15) is 0 Å². The molecule has 0 fully saturated rings. The fourth-order valence-electron chi connectivity index (χ4n) is 1.63. The van der Waals surface area contributed by atoms with Crippen LogP contribution in [-0.4, -0.2) is 17.8 Å². The molecule has 2 nitrogen and oxygen atoms in total. The van der Waals surface area contributed by atoms with Gasteiger partial charge in [0, 0.05) is 0 Å². The molecule has 0 bridgehead atoms. The molecule has 0 aliphatic carbocycles. The number of aliphatic hydroxyl groups excluding tert-OH is 1. The molecule has 1 atom stereocenters. The van der Waals surface area contributed by atoms with E-state index in [9.17, 15) is 0 Å². The Hall–Kier alpha value is 0.920. The van der Waals surface area contributed by atoms with Gasteiger partial charge in [-0.1, -0.05) is 84.2 Å². The Morgan fingerprint density at radius 3 is 1.42 bits per heavy atom. The summed E-state index contributed by atoms with van der Waals surface area (Å²) in [6, 6.07) is 0. The van der Waals surface area contributed by atoms with E-state index in [1.165, 1.54) is 64.2 Å². The molecule has 0 aromatic heterocycles. The van der Waals surface area contributed by atoms with Crippen LogP contribution in [0.1, 0.15) is 84.5 Å². The Balaban J connectivity index is -0.000000366. The van der Waals surface area contributed by atoms with E-state index >= 15 is 0 Å². The maximum Gasteiger partial charge on any atom is 1.00 e. The van der Waals surface area contributed by atoms with Gasteiger partial charge in [-0.05, 0) is 13.0 Å². The molecular weight excluding hydrogens is 245 g/mol. The van der Waals surface area contributed by atoms with Crippen molar-refractivity contribution in [3.63, 3.8) is 0 Å². The van der Waals surface area contributed by atoms with Gasteiger partial charge in [-0.2, -0.15) is 0 Å². The molecular formula is C16H36NNaO. The van der Waals surface area contributed by atoms with Crippen molar-refractivity contribution in [2.45, 2.75) is 90.6 Å². The minimum atomic E-state index is -0.366. The minimum Gasteiger partial charge on any atom is -0.425 e. The Morgan fingerprint density at radius 1 is 0.842 bits per heavy atom. The number of nitrogens with two attached hydrogens (primary N) is 1. The first-order valence-electron chi connectivity index (χ1n) is 7.90. The fraction of sp³-hybridized carbons (Fsp3) is 0.938. The van der Waals surface area contributed by atoms with Gasteiger partial charge < -0.3 is 17.8 Å². The first-order valence-corrected chi connectivity index (χ1v) is 7.90. The predicted molar refractivity (Wildman–Crippen MR) is 82.6 cm³/mol. The van der Waals surface area contributed by atoms with E-state index in [-0.39, 0.29) is 35.7 Å². The van der Waals surface area contributed by atoms with Crippen molar-refractivity contribution in [2.24, 2.45) is 5.73 Å². The summed E-state index contributed by atoms with van der Waals surface area (Å²) < 4.78 is 0. The second-order valence-electron chi connectivity index (χ2n) is 5.03. The van der Waals surface area contributed by atoms with Crippen molar-refractivity contribution in [1.29, 1.82) is 0 Å². The third-order valence-electron chi connectivity index (χ3n) is 3.03. The van der Waals surface area contributed by atoms with Crippen molar-refractivity contribution in [1.82, 2.24) is 0 Å². The van der Waals surface area contributed by atoms with Crippen molar-refractivity contribution < 1.29 is 34.7 Å². The Morgan fingerprint density at radius 2 is 1.16 bits per heavy atom. The quantitative estimate of drug-likeness (QED) is 0.342. The molecule has 19 heavy (non-hydrogen) atoms. The van der Waals surface area contributed by atoms with E-state index in [0.717, 1.165) is 13.0 Å². The van der Waals surface area contributed by atoms with Gasteiger partial charge in [0.2, 0.25) is 0 Å². The molecule has 0 saturated heterocycles. The van der Waals surface area contributed by atoms with Gasteiger partial charge in [0.25, 0.3) is 0 Å². The van der Waals surface area contributed by atoms with Crippen LogP contribution in [-0.2, 0) is 0 Å². The molecule has 3 N–H and O–H groups in total. The third-order valence-corrected chi connectivity index (χ3v) is 3.03. The smallest absolute Gasteiger partial charge is 0.425 e. The van der Waals surface area contributed by atoms with Gasteiger partial charge in [-0.25, -0.2) is 0 Å². The average Bonchev–Trinajstić information content (AvgIpc) is 2.37. The van der Waals surface area contributed by atoms with E-state index in [1.807, 2.05) is 6.92 Å². The number of hydrogen-bond donors (Lipinski definition) is 2. The molecule has 0 spiro atoms. The number of unbranched alkanes of at least 4 members (excludes halogenated alkanes) is 9. The third kappa shape index (κ3) is 32.4. The summed E-state index contributed by atoms with van der Waals surface area (Å²) in [4.78, 5) is 0. The Labute approximate surface area is 144 Å². The molecule has 0 aromatic carbocycles. The second-order valence-corrected chi connectivity index (χ2v) is 5.03. The standard InChI is InChI=1S/C12H27N.C4H9O.Na/c1-2-3-4-5-6-7-8-9-10-11-12-13;1-3-4(2)5;/h2-13H2,1H3;4-5H,2-3H2,1H3;/q;-1;+1. The van der Waals surface area contributed by atoms with Crippen LogP contribution in [0, 0.1) is 6.92 Å². The fourth-order valence-corrected chi connectivity index (χ4v) is 1.63. The SMILES string of the molecule is CCCCCCCCCCCCN.[CH2-]C(O)CC.[Na+]. The van der Waals surface area contributed by atoms with Crippen LogP contribution in [0.25, 0.3) is 0 Å². The van der Waals surface area contributed by atoms with Crippen LogP contribution in [0.4, 0.5) is 0 Å². The van der Waals surface area contributed by atoms with E-state index in [2.05, 4.69) is 13.8 Å². The summed E-state index contributed by atoms with van der Waals surface area (Å²) in [5.41, 5.74) is 5.42. The van der Waals surface area contributed by atoms with Crippen molar-refractivity contribution >= 4 is 0 Å². The molecule has 112 valence electrons. The normalized spacial score (nSPS) is 11.2.